The number of methoxy groups -OCH3 is 1. The Kier molecular flexibility index (Phi) is 4.53. The molecule has 20 heavy (non-hydrogen) atoms. The minimum Gasteiger partial charge on any atom is -0.494 e. The van der Waals surface area contributed by atoms with Crippen LogP contribution >= 0.6 is 0 Å². The van der Waals surface area contributed by atoms with Gasteiger partial charge in [0.05, 0.1) is 13.2 Å². The highest BCUT2D eigenvalue weighted by molar-refractivity contribution is 5.50. The highest BCUT2D eigenvalue weighted by Gasteiger charge is 2.17. The van der Waals surface area contributed by atoms with Crippen molar-refractivity contribution < 1.29 is 9.13 Å². The molecular formula is C15H18FN3O. The third kappa shape index (κ3) is 2.88. The fourth-order valence-electron chi connectivity index (χ4n) is 2.13. The van der Waals surface area contributed by atoms with E-state index in [1.807, 2.05) is 6.92 Å². The standard InChI is InChI=1S/C15H18FN3O/c1-3-19-15(11-9-18-7-6-13(11)17)10-4-5-12(16)14(8-10)20-2/h4-9,15,19H,3H2,1-2H3,(H2,17,18). The Morgan fingerprint density at radius 2 is 2.20 bits per heavy atom. The summed E-state index contributed by atoms with van der Waals surface area (Å²) >= 11 is 0. The Morgan fingerprint density at radius 3 is 2.85 bits per heavy atom. The van der Waals surface area contributed by atoms with Gasteiger partial charge in [-0.3, -0.25) is 4.98 Å². The molecular weight excluding hydrogens is 257 g/mol. The van der Waals surface area contributed by atoms with E-state index in [2.05, 4.69) is 10.3 Å². The second-order valence-electron chi connectivity index (χ2n) is 4.39. The van der Waals surface area contributed by atoms with Gasteiger partial charge in [0.1, 0.15) is 0 Å². The highest BCUT2D eigenvalue weighted by Crippen LogP contribution is 2.29. The van der Waals surface area contributed by atoms with Gasteiger partial charge in [0.15, 0.2) is 11.6 Å². The summed E-state index contributed by atoms with van der Waals surface area (Å²) in [6.07, 6.45) is 3.37. The van der Waals surface area contributed by atoms with Gasteiger partial charge in [-0.1, -0.05) is 13.0 Å². The number of anilines is 1. The van der Waals surface area contributed by atoms with E-state index < -0.39 is 0 Å². The van der Waals surface area contributed by atoms with E-state index in [-0.39, 0.29) is 17.6 Å². The summed E-state index contributed by atoms with van der Waals surface area (Å²) in [5, 5.41) is 3.33. The summed E-state index contributed by atoms with van der Waals surface area (Å²) in [6.45, 7) is 2.75. The zero-order valence-electron chi connectivity index (χ0n) is 11.6. The molecule has 0 fully saturated rings. The van der Waals surface area contributed by atoms with Crippen LogP contribution in [-0.4, -0.2) is 18.6 Å². The van der Waals surface area contributed by atoms with E-state index in [1.54, 1.807) is 30.6 Å². The van der Waals surface area contributed by atoms with Gasteiger partial charge in [0, 0.05) is 23.6 Å². The second-order valence-corrected chi connectivity index (χ2v) is 4.39. The lowest BCUT2D eigenvalue weighted by Gasteiger charge is -2.20. The molecule has 1 aromatic heterocycles. The van der Waals surface area contributed by atoms with Gasteiger partial charge in [0.25, 0.3) is 0 Å². The molecule has 0 radical (unpaired) electrons. The first-order valence-electron chi connectivity index (χ1n) is 6.43. The molecule has 5 heteroatoms. The smallest absolute Gasteiger partial charge is 0.165 e. The Bertz CT molecular complexity index is 589. The Balaban J connectivity index is 2.46. The molecule has 1 aromatic carbocycles. The van der Waals surface area contributed by atoms with Crippen molar-refractivity contribution in [1.82, 2.24) is 10.3 Å². The Labute approximate surface area is 117 Å². The molecule has 0 aliphatic carbocycles. The largest absolute Gasteiger partial charge is 0.494 e. The van der Waals surface area contributed by atoms with Crippen LogP contribution in [0.25, 0.3) is 0 Å². The number of nitrogens with one attached hydrogen (secondary N) is 1. The normalized spacial score (nSPS) is 12.2. The number of nitrogens with zero attached hydrogens (tertiary/aromatic N) is 1. The molecule has 0 amide bonds. The Morgan fingerprint density at radius 1 is 1.40 bits per heavy atom. The second kappa shape index (κ2) is 6.34. The van der Waals surface area contributed by atoms with Crippen LogP contribution in [0.4, 0.5) is 10.1 Å². The molecule has 2 rings (SSSR count). The number of pyridine rings is 1. The molecule has 0 saturated heterocycles. The lowest BCUT2D eigenvalue weighted by atomic mass is 9.98. The van der Waals surface area contributed by atoms with E-state index in [0.29, 0.717) is 5.69 Å². The minimum absolute atomic E-state index is 0.150. The van der Waals surface area contributed by atoms with Crippen molar-refractivity contribution in [2.75, 3.05) is 19.4 Å². The van der Waals surface area contributed by atoms with Crippen LogP contribution in [0.2, 0.25) is 0 Å². The summed E-state index contributed by atoms with van der Waals surface area (Å²) in [5.74, 6) is -0.168. The lowest BCUT2D eigenvalue weighted by Crippen LogP contribution is -2.23. The molecule has 0 bridgehead atoms. The number of nitrogen functional groups attached to an aromatic ring is 1. The molecule has 3 N–H and O–H groups in total. The number of benzene rings is 1. The number of nitrogens with two attached hydrogens (primary N) is 1. The summed E-state index contributed by atoms with van der Waals surface area (Å²) in [5.41, 5.74) is 8.39. The minimum atomic E-state index is -0.384. The van der Waals surface area contributed by atoms with Crippen LogP contribution in [-0.2, 0) is 0 Å². The van der Waals surface area contributed by atoms with Crippen LogP contribution in [0.3, 0.4) is 0 Å². The van der Waals surface area contributed by atoms with Crippen LogP contribution in [0.5, 0.6) is 5.75 Å². The maximum atomic E-state index is 13.5. The van der Waals surface area contributed by atoms with Gasteiger partial charge in [0.2, 0.25) is 0 Å². The van der Waals surface area contributed by atoms with Gasteiger partial charge in [-0.25, -0.2) is 4.39 Å². The van der Waals surface area contributed by atoms with Gasteiger partial charge in [-0.2, -0.15) is 0 Å². The lowest BCUT2D eigenvalue weighted by molar-refractivity contribution is 0.385. The van der Waals surface area contributed by atoms with Crippen LogP contribution in [0.1, 0.15) is 24.1 Å². The van der Waals surface area contributed by atoms with E-state index in [1.165, 1.54) is 13.2 Å². The van der Waals surface area contributed by atoms with Crippen molar-refractivity contribution in [1.29, 1.82) is 0 Å². The summed E-state index contributed by atoms with van der Waals surface area (Å²) in [4.78, 5) is 4.11. The SMILES string of the molecule is CCNC(c1ccc(F)c(OC)c1)c1cnccc1N. The van der Waals surface area contributed by atoms with E-state index in [9.17, 15) is 4.39 Å². The summed E-state index contributed by atoms with van der Waals surface area (Å²) < 4.78 is 18.5. The Hall–Kier alpha value is -2.14. The van der Waals surface area contributed by atoms with Gasteiger partial charge in [-0.05, 0) is 30.3 Å². The van der Waals surface area contributed by atoms with Gasteiger partial charge < -0.3 is 15.8 Å². The van der Waals surface area contributed by atoms with Crippen molar-refractivity contribution in [3.8, 4) is 5.75 Å². The maximum Gasteiger partial charge on any atom is 0.165 e. The van der Waals surface area contributed by atoms with Crippen LogP contribution in [0, 0.1) is 5.82 Å². The average molecular weight is 275 g/mol. The maximum absolute atomic E-state index is 13.5. The zero-order chi connectivity index (χ0) is 14.5. The van der Waals surface area contributed by atoms with Crippen molar-refractivity contribution in [3.63, 3.8) is 0 Å². The number of rotatable bonds is 5. The van der Waals surface area contributed by atoms with Crippen molar-refractivity contribution >= 4 is 5.69 Å². The van der Waals surface area contributed by atoms with Crippen molar-refractivity contribution in [2.24, 2.45) is 0 Å². The number of hydrogen-bond donors (Lipinski definition) is 2. The molecule has 1 atom stereocenters. The molecule has 1 unspecified atom stereocenters. The number of ether oxygens (including phenoxy) is 1. The first kappa shape index (κ1) is 14.3. The van der Waals surface area contributed by atoms with Crippen LogP contribution in [0.15, 0.2) is 36.7 Å². The molecule has 1 heterocycles. The van der Waals surface area contributed by atoms with Gasteiger partial charge in [-0.15, -0.1) is 0 Å². The molecule has 106 valence electrons. The molecule has 0 saturated carbocycles. The number of halogens is 1. The summed E-state index contributed by atoms with van der Waals surface area (Å²) in [7, 11) is 1.45. The van der Waals surface area contributed by atoms with E-state index in [0.717, 1.165) is 17.7 Å². The zero-order valence-corrected chi connectivity index (χ0v) is 11.6. The van der Waals surface area contributed by atoms with E-state index >= 15 is 0 Å². The van der Waals surface area contributed by atoms with Crippen molar-refractivity contribution in [3.05, 3.63) is 53.6 Å². The first-order valence-corrected chi connectivity index (χ1v) is 6.43. The quantitative estimate of drug-likeness (QED) is 0.880. The molecule has 0 spiro atoms. The average Bonchev–Trinajstić information content (AvgIpc) is 2.46. The van der Waals surface area contributed by atoms with E-state index in [4.69, 9.17) is 10.5 Å². The first-order chi connectivity index (χ1) is 9.67. The highest BCUT2D eigenvalue weighted by atomic mass is 19.1. The fraction of sp³-hybridized carbons (Fsp3) is 0.267. The molecule has 4 nitrogen and oxygen atoms in total. The predicted molar refractivity (Wildman–Crippen MR) is 77.1 cm³/mol. The van der Waals surface area contributed by atoms with Crippen LogP contribution < -0.4 is 15.8 Å². The number of aromatic nitrogens is 1. The topological polar surface area (TPSA) is 60.2 Å². The van der Waals surface area contributed by atoms with Gasteiger partial charge >= 0.3 is 0 Å². The third-order valence-corrected chi connectivity index (χ3v) is 3.11. The predicted octanol–water partition coefficient (Wildman–Crippen LogP) is 2.51. The molecule has 2 aromatic rings. The monoisotopic (exact) mass is 275 g/mol. The molecule has 0 aliphatic heterocycles. The summed E-state index contributed by atoms with van der Waals surface area (Å²) in [6, 6.07) is 6.39. The third-order valence-electron chi connectivity index (χ3n) is 3.11. The fourth-order valence-corrected chi connectivity index (χ4v) is 2.13. The molecule has 0 aliphatic rings. The number of hydrogen-bond acceptors (Lipinski definition) is 4. The van der Waals surface area contributed by atoms with Crippen molar-refractivity contribution in [2.45, 2.75) is 13.0 Å².